The molecule has 52 valence electrons. The zero-order valence-corrected chi connectivity index (χ0v) is 5.59. The summed E-state index contributed by atoms with van der Waals surface area (Å²) in [7, 11) is 0. The van der Waals surface area contributed by atoms with Crippen LogP contribution in [0.5, 0.6) is 0 Å². The molecule has 0 unspecified atom stereocenters. The first-order valence-corrected chi connectivity index (χ1v) is 3.13. The molecule has 0 aliphatic rings. The van der Waals surface area contributed by atoms with Gasteiger partial charge in [-0.1, -0.05) is 25.5 Å². The average molecular weight is 129 g/mol. The number of nitrogens with zero attached hydrogens (tertiary/aromatic N) is 1. The van der Waals surface area contributed by atoms with Crippen LogP contribution in [-0.2, 0) is 4.74 Å². The molecular weight excluding hydrogens is 118 g/mol. The fraction of sp³-hybridized carbons (Fsp3) is 0.833. The van der Waals surface area contributed by atoms with Gasteiger partial charge in [-0.3, -0.25) is 0 Å². The predicted octanol–water partition coefficient (Wildman–Crippen LogP) is 1.38. The number of amides is 1. The second kappa shape index (κ2) is 5.41. The highest BCUT2D eigenvalue weighted by molar-refractivity contribution is 5.63. The van der Waals surface area contributed by atoms with Gasteiger partial charge in [0.1, 0.15) is 0 Å². The van der Waals surface area contributed by atoms with E-state index < -0.39 is 6.09 Å². The maximum Gasteiger partial charge on any atom is 0.452 e. The van der Waals surface area contributed by atoms with E-state index in [2.05, 4.69) is 11.7 Å². The Morgan fingerprint density at radius 3 is 2.67 bits per heavy atom. The van der Waals surface area contributed by atoms with E-state index in [0.717, 1.165) is 19.3 Å². The van der Waals surface area contributed by atoms with Gasteiger partial charge in [-0.15, -0.1) is 0 Å². The summed E-state index contributed by atoms with van der Waals surface area (Å²) >= 11 is 0. The summed E-state index contributed by atoms with van der Waals surface area (Å²) in [5.74, 6) is 0. The smallest absolute Gasteiger partial charge is 0.447 e. The molecule has 3 nitrogen and oxygen atoms in total. The van der Waals surface area contributed by atoms with Gasteiger partial charge in [0.2, 0.25) is 0 Å². The number of hydrogen-bond acceptors (Lipinski definition) is 2. The van der Waals surface area contributed by atoms with Crippen LogP contribution in [0.4, 0.5) is 4.79 Å². The van der Waals surface area contributed by atoms with Crippen LogP contribution in [0.2, 0.25) is 0 Å². The predicted molar refractivity (Wildman–Crippen MR) is 33.0 cm³/mol. The quantitative estimate of drug-likeness (QED) is 0.538. The second-order valence-corrected chi connectivity index (χ2v) is 1.82. The molecule has 2 radical (unpaired) electrons. The Morgan fingerprint density at radius 2 is 2.22 bits per heavy atom. The van der Waals surface area contributed by atoms with Crippen molar-refractivity contribution >= 4 is 6.09 Å². The maximum absolute atomic E-state index is 9.74. The van der Waals surface area contributed by atoms with Gasteiger partial charge in [-0.05, 0) is 6.42 Å². The summed E-state index contributed by atoms with van der Waals surface area (Å²) in [6, 6.07) is 0. The Balaban J connectivity index is 2.83. The van der Waals surface area contributed by atoms with Gasteiger partial charge in [0, 0.05) is 0 Å². The van der Waals surface area contributed by atoms with Gasteiger partial charge in [0.25, 0.3) is 0 Å². The van der Waals surface area contributed by atoms with Crippen molar-refractivity contribution in [3.05, 3.63) is 0 Å². The lowest BCUT2D eigenvalue weighted by Crippen LogP contribution is -2.03. The third-order valence-corrected chi connectivity index (χ3v) is 0.973. The zero-order valence-electron chi connectivity index (χ0n) is 5.59. The van der Waals surface area contributed by atoms with Crippen LogP contribution in [0, 0.1) is 0 Å². The lowest BCUT2D eigenvalue weighted by atomic mass is 10.3. The van der Waals surface area contributed by atoms with Gasteiger partial charge < -0.3 is 4.74 Å². The van der Waals surface area contributed by atoms with Crippen LogP contribution < -0.4 is 5.73 Å². The molecule has 0 aromatic heterocycles. The number of ether oxygens (including phenoxy) is 1. The molecule has 0 aromatic carbocycles. The van der Waals surface area contributed by atoms with Gasteiger partial charge in [0.15, 0.2) is 0 Å². The molecule has 0 heterocycles. The van der Waals surface area contributed by atoms with E-state index in [4.69, 9.17) is 5.73 Å². The molecule has 0 rings (SSSR count). The number of carbonyl (C=O) groups is 1. The van der Waals surface area contributed by atoms with E-state index in [0.29, 0.717) is 6.61 Å². The Morgan fingerprint density at radius 1 is 1.56 bits per heavy atom. The van der Waals surface area contributed by atoms with E-state index in [1.165, 1.54) is 0 Å². The van der Waals surface area contributed by atoms with Crippen molar-refractivity contribution in [3.63, 3.8) is 0 Å². The highest BCUT2D eigenvalue weighted by atomic mass is 16.5. The van der Waals surface area contributed by atoms with Gasteiger partial charge >= 0.3 is 6.09 Å². The van der Waals surface area contributed by atoms with Crippen LogP contribution in [0.15, 0.2) is 0 Å². The van der Waals surface area contributed by atoms with Crippen LogP contribution in [0.3, 0.4) is 0 Å². The molecule has 0 aliphatic heterocycles. The van der Waals surface area contributed by atoms with E-state index in [-0.39, 0.29) is 0 Å². The number of rotatable bonds is 4. The molecule has 0 aromatic rings. The molecule has 3 heteroatoms. The molecule has 0 fully saturated rings. The summed E-state index contributed by atoms with van der Waals surface area (Å²) in [4.78, 5) is 9.74. The van der Waals surface area contributed by atoms with Crippen molar-refractivity contribution in [2.45, 2.75) is 26.2 Å². The Hall–Kier alpha value is -0.730. The van der Waals surface area contributed by atoms with E-state index >= 15 is 0 Å². The normalized spacial score (nSPS) is 9.00. The molecule has 9 heavy (non-hydrogen) atoms. The number of hydrogen-bond donors (Lipinski definition) is 0. The fourth-order valence-corrected chi connectivity index (χ4v) is 0.512. The third-order valence-electron chi connectivity index (χ3n) is 0.973. The molecule has 0 bridgehead atoms. The minimum Gasteiger partial charge on any atom is -0.447 e. The third kappa shape index (κ3) is 7.27. The molecule has 0 saturated heterocycles. The summed E-state index contributed by atoms with van der Waals surface area (Å²) < 4.78 is 4.26. The highest BCUT2D eigenvalue weighted by Crippen LogP contribution is 1.93. The lowest BCUT2D eigenvalue weighted by molar-refractivity contribution is 0.152. The summed E-state index contributed by atoms with van der Waals surface area (Å²) in [6.45, 7) is 2.39. The van der Waals surface area contributed by atoms with Crippen LogP contribution >= 0.6 is 0 Å². The largest absolute Gasteiger partial charge is 0.452 e. The first kappa shape index (κ1) is 8.27. The fourth-order valence-electron chi connectivity index (χ4n) is 0.512. The van der Waals surface area contributed by atoms with Gasteiger partial charge in [0.05, 0.1) is 6.61 Å². The summed E-state index contributed by atoms with van der Waals surface area (Å²) in [6.07, 6.45) is 1.78. The molecule has 0 atom stereocenters. The lowest BCUT2D eigenvalue weighted by Gasteiger charge is -1.96. The highest BCUT2D eigenvalue weighted by Gasteiger charge is 1.93. The van der Waals surface area contributed by atoms with Crippen LogP contribution in [-0.4, -0.2) is 12.7 Å². The Kier molecular flexibility index (Phi) is 4.97. The monoisotopic (exact) mass is 129 g/mol. The summed E-state index contributed by atoms with van der Waals surface area (Å²) in [5, 5.41) is 0. The van der Waals surface area contributed by atoms with Gasteiger partial charge in [-0.2, -0.15) is 0 Å². The SMILES string of the molecule is CCCCCOC([N])=O. The summed E-state index contributed by atoms with van der Waals surface area (Å²) in [5.41, 5.74) is 7.99. The molecule has 0 aliphatic carbocycles. The molecule has 0 spiro atoms. The minimum atomic E-state index is -1.17. The average Bonchev–Trinajstić information content (AvgIpc) is 1.80. The van der Waals surface area contributed by atoms with Crippen molar-refractivity contribution in [1.82, 2.24) is 5.73 Å². The Labute approximate surface area is 55.2 Å². The van der Waals surface area contributed by atoms with E-state index in [1.54, 1.807) is 0 Å². The van der Waals surface area contributed by atoms with Crippen LogP contribution in [0.25, 0.3) is 0 Å². The first-order chi connectivity index (χ1) is 4.27. The van der Waals surface area contributed by atoms with Gasteiger partial charge in [-0.25, -0.2) is 4.79 Å². The van der Waals surface area contributed by atoms with Crippen molar-refractivity contribution < 1.29 is 9.53 Å². The maximum atomic E-state index is 9.74. The zero-order chi connectivity index (χ0) is 7.11. The van der Waals surface area contributed by atoms with E-state index in [9.17, 15) is 4.79 Å². The second-order valence-electron chi connectivity index (χ2n) is 1.82. The molecular formula is C6H11NO2. The van der Waals surface area contributed by atoms with Crippen molar-refractivity contribution in [3.8, 4) is 0 Å². The van der Waals surface area contributed by atoms with Crippen molar-refractivity contribution in [2.24, 2.45) is 0 Å². The molecule has 1 amide bonds. The number of carbonyl (C=O) groups excluding carboxylic acids is 1. The van der Waals surface area contributed by atoms with Crippen LogP contribution in [0.1, 0.15) is 26.2 Å². The number of unbranched alkanes of at least 4 members (excludes halogenated alkanes) is 2. The van der Waals surface area contributed by atoms with E-state index in [1.807, 2.05) is 0 Å². The van der Waals surface area contributed by atoms with Crippen molar-refractivity contribution in [1.29, 1.82) is 0 Å². The topological polar surface area (TPSA) is 48.6 Å². The standard InChI is InChI=1S/C6H11NO2/c1-2-3-4-5-9-6(7)8/h2-5H2,1H3. The first-order valence-electron chi connectivity index (χ1n) is 3.13. The molecule has 0 N–H and O–H groups in total. The minimum absolute atomic E-state index is 0.336. The van der Waals surface area contributed by atoms with Crippen molar-refractivity contribution in [2.75, 3.05) is 6.61 Å². The Bertz CT molecular complexity index is 83.1. The molecule has 0 saturated carbocycles.